The van der Waals surface area contributed by atoms with E-state index in [2.05, 4.69) is 35.8 Å². The summed E-state index contributed by atoms with van der Waals surface area (Å²) in [6, 6.07) is 20.2. The van der Waals surface area contributed by atoms with Crippen molar-refractivity contribution in [1.29, 1.82) is 0 Å². The van der Waals surface area contributed by atoms with Gasteiger partial charge in [0.2, 0.25) is 5.91 Å². The van der Waals surface area contributed by atoms with Crippen molar-refractivity contribution in [3.63, 3.8) is 0 Å². The number of rotatable bonds is 16. The monoisotopic (exact) mass is 602 g/mol. The van der Waals surface area contributed by atoms with Crippen LogP contribution < -0.4 is 26.4 Å². The first-order valence-corrected chi connectivity index (χ1v) is 14.1. The number of carbonyl (C=O) groups excluding carboxylic acids is 1. The molecule has 0 spiro atoms. The highest BCUT2D eigenvalue weighted by Gasteiger charge is 2.07. The number of carbonyl (C=O) groups is 1. The molecule has 0 fully saturated rings. The van der Waals surface area contributed by atoms with E-state index in [-0.39, 0.29) is 5.91 Å². The summed E-state index contributed by atoms with van der Waals surface area (Å²) in [5, 5.41) is 9.81. The first kappa shape index (κ1) is 31.4. The summed E-state index contributed by atoms with van der Waals surface area (Å²) in [5.41, 5.74) is 8.37. The van der Waals surface area contributed by atoms with Crippen molar-refractivity contribution in [3.8, 4) is 5.75 Å². The SMILES string of the molecule is CN(C/C=C/C(=O)Nc1cccc(Nc2cc(Nc3ccc(OCc4ccccn4)c(Cl)c3)ncn2)c1)CCOCCN. The molecule has 0 aliphatic rings. The van der Waals surface area contributed by atoms with Gasteiger partial charge in [0.25, 0.3) is 0 Å². The molecule has 2 aromatic carbocycles. The second-order valence-corrected chi connectivity index (χ2v) is 9.84. The Morgan fingerprint density at radius 1 is 0.953 bits per heavy atom. The third-order valence-electron chi connectivity index (χ3n) is 5.94. The fourth-order valence-electron chi connectivity index (χ4n) is 3.82. The maximum absolute atomic E-state index is 12.4. The lowest BCUT2D eigenvalue weighted by Gasteiger charge is -2.14. The molecule has 0 radical (unpaired) electrons. The number of likely N-dealkylation sites (N-methyl/N-ethyl adjacent to an activating group) is 1. The Kier molecular flexibility index (Phi) is 12.2. The Hall–Kier alpha value is -4.55. The highest BCUT2D eigenvalue weighted by molar-refractivity contribution is 6.32. The minimum atomic E-state index is -0.217. The number of anilines is 5. The maximum Gasteiger partial charge on any atom is 0.248 e. The molecule has 4 rings (SSSR count). The number of pyridine rings is 1. The Bertz CT molecular complexity index is 1490. The van der Waals surface area contributed by atoms with E-state index in [4.69, 9.17) is 26.8 Å². The average molecular weight is 603 g/mol. The second-order valence-electron chi connectivity index (χ2n) is 9.43. The van der Waals surface area contributed by atoms with E-state index in [1.54, 1.807) is 24.4 Å². The van der Waals surface area contributed by atoms with Crippen LogP contribution >= 0.6 is 11.6 Å². The molecule has 1 amide bonds. The Morgan fingerprint density at radius 2 is 1.74 bits per heavy atom. The van der Waals surface area contributed by atoms with Crippen LogP contribution in [0.15, 0.2) is 91.4 Å². The molecular weight excluding hydrogens is 568 g/mol. The van der Waals surface area contributed by atoms with E-state index in [9.17, 15) is 4.79 Å². The van der Waals surface area contributed by atoms with Crippen molar-refractivity contribution < 1.29 is 14.3 Å². The highest BCUT2D eigenvalue weighted by Crippen LogP contribution is 2.30. The van der Waals surface area contributed by atoms with Crippen LogP contribution in [-0.2, 0) is 16.1 Å². The average Bonchev–Trinajstić information content (AvgIpc) is 3.00. The number of nitrogens with zero attached hydrogens (tertiary/aromatic N) is 4. The van der Waals surface area contributed by atoms with Gasteiger partial charge in [-0.25, -0.2) is 9.97 Å². The third kappa shape index (κ3) is 11.0. The number of nitrogens with one attached hydrogen (secondary N) is 3. The number of hydrogen-bond acceptors (Lipinski definition) is 10. The fourth-order valence-corrected chi connectivity index (χ4v) is 4.05. The second kappa shape index (κ2) is 16.8. The number of halogens is 1. The van der Waals surface area contributed by atoms with Gasteiger partial charge in [0, 0.05) is 55.0 Å². The van der Waals surface area contributed by atoms with Crippen LogP contribution in [0.25, 0.3) is 0 Å². The lowest BCUT2D eigenvalue weighted by molar-refractivity contribution is -0.111. The lowest BCUT2D eigenvalue weighted by Crippen LogP contribution is -2.24. The Balaban J connectivity index is 1.28. The summed E-state index contributed by atoms with van der Waals surface area (Å²) in [6.07, 6.45) is 6.50. The van der Waals surface area contributed by atoms with E-state index < -0.39 is 0 Å². The summed E-state index contributed by atoms with van der Waals surface area (Å²) in [7, 11) is 1.96. The summed E-state index contributed by atoms with van der Waals surface area (Å²) in [4.78, 5) is 27.3. The number of hydrogen-bond donors (Lipinski definition) is 4. The molecule has 12 heteroatoms. The topological polar surface area (TPSA) is 140 Å². The Morgan fingerprint density at radius 3 is 2.49 bits per heavy atom. The van der Waals surface area contributed by atoms with Gasteiger partial charge >= 0.3 is 0 Å². The summed E-state index contributed by atoms with van der Waals surface area (Å²) in [6.45, 7) is 3.35. The molecule has 0 bridgehead atoms. The zero-order chi connectivity index (χ0) is 30.3. The molecule has 0 saturated heterocycles. The summed E-state index contributed by atoms with van der Waals surface area (Å²) >= 11 is 6.45. The minimum Gasteiger partial charge on any atom is -0.486 e. The molecule has 4 aromatic rings. The predicted octanol–water partition coefficient (Wildman–Crippen LogP) is 4.99. The smallest absolute Gasteiger partial charge is 0.248 e. The van der Waals surface area contributed by atoms with Crippen LogP contribution in [0.5, 0.6) is 5.75 Å². The molecule has 224 valence electrons. The minimum absolute atomic E-state index is 0.217. The third-order valence-corrected chi connectivity index (χ3v) is 6.24. The van der Waals surface area contributed by atoms with E-state index in [1.807, 2.05) is 61.7 Å². The van der Waals surface area contributed by atoms with E-state index in [1.165, 1.54) is 12.4 Å². The fraction of sp³-hybridized carbons (Fsp3) is 0.226. The molecule has 43 heavy (non-hydrogen) atoms. The number of aromatic nitrogens is 3. The van der Waals surface area contributed by atoms with E-state index >= 15 is 0 Å². The van der Waals surface area contributed by atoms with Gasteiger partial charge in [0.15, 0.2) is 0 Å². The van der Waals surface area contributed by atoms with Gasteiger partial charge in [-0.3, -0.25) is 9.78 Å². The summed E-state index contributed by atoms with van der Waals surface area (Å²) in [5.74, 6) is 1.48. The standard InChI is InChI=1S/C31H35ClN8O3/c1-40(15-17-42-16-12-33)14-5-9-31(41)39-24-8-4-7-23(18-24)37-29-20-30(36-22-35-29)38-25-10-11-28(27(32)19-25)43-21-26-6-2-3-13-34-26/h2-11,13,18-20,22H,12,14-17,21,33H2,1H3,(H,39,41)(H2,35,36,37,38)/b9-5+. The predicted molar refractivity (Wildman–Crippen MR) is 170 cm³/mol. The number of amides is 1. The van der Waals surface area contributed by atoms with Gasteiger partial charge < -0.3 is 36.1 Å². The van der Waals surface area contributed by atoms with Gasteiger partial charge in [-0.05, 0) is 55.6 Å². The van der Waals surface area contributed by atoms with Gasteiger partial charge in [-0.15, -0.1) is 0 Å². The van der Waals surface area contributed by atoms with Crippen molar-refractivity contribution in [2.75, 3.05) is 55.8 Å². The number of benzene rings is 2. The van der Waals surface area contributed by atoms with Crippen LogP contribution in [0.3, 0.4) is 0 Å². The zero-order valence-corrected chi connectivity index (χ0v) is 24.6. The van der Waals surface area contributed by atoms with Crippen LogP contribution in [0.1, 0.15) is 5.69 Å². The van der Waals surface area contributed by atoms with Crippen molar-refractivity contribution >= 4 is 46.2 Å². The van der Waals surface area contributed by atoms with Crippen molar-refractivity contribution in [2.45, 2.75) is 6.61 Å². The molecule has 0 saturated carbocycles. The van der Waals surface area contributed by atoms with Gasteiger partial charge in [0.1, 0.15) is 30.3 Å². The van der Waals surface area contributed by atoms with Gasteiger partial charge in [-0.1, -0.05) is 29.8 Å². The molecule has 0 unspecified atom stereocenters. The quantitative estimate of drug-likeness (QED) is 0.102. The molecule has 5 N–H and O–H groups in total. The lowest BCUT2D eigenvalue weighted by atomic mass is 10.2. The van der Waals surface area contributed by atoms with Crippen LogP contribution in [0.2, 0.25) is 5.02 Å². The molecule has 11 nitrogen and oxygen atoms in total. The first-order chi connectivity index (χ1) is 21.0. The van der Waals surface area contributed by atoms with Gasteiger partial charge in [0.05, 0.1) is 23.9 Å². The molecule has 0 aliphatic carbocycles. The first-order valence-electron chi connectivity index (χ1n) is 13.7. The zero-order valence-electron chi connectivity index (χ0n) is 23.9. The van der Waals surface area contributed by atoms with Crippen molar-refractivity contribution in [3.05, 3.63) is 102 Å². The molecule has 0 atom stereocenters. The van der Waals surface area contributed by atoms with Gasteiger partial charge in [-0.2, -0.15) is 0 Å². The van der Waals surface area contributed by atoms with Crippen molar-refractivity contribution in [2.24, 2.45) is 5.73 Å². The molecule has 2 heterocycles. The van der Waals surface area contributed by atoms with Crippen molar-refractivity contribution in [1.82, 2.24) is 19.9 Å². The number of ether oxygens (including phenoxy) is 2. The highest BCUT2D eigenvalue weighted by atomic mass is 35.5. The molecule has 0 aliphatic heterocycles. The maximum atomic E-state index is 12.4. The van der Waals surface area contributed by atoms with Crippen LogP contribution in [0, 0.1) is 0 Å². The molecule has 2 aromatic heterocycles. The molecular formula is C31H35ClN8O3. The number of nitrogens with two attached hydrogens (primary N) is 1. The summed E-state index contributed by atoms with van der Waals surface area (Å²) < 4.78 is 11.2. The van der Waals surface area contributed by atoms with Crippen LogP contribution in [0.4, 0.5) is 28.7 Å². The van der Waals surface area contributed by atoms with E-state index in [0.29, 0.717) is 61.0 Å². The largest absolute Gasteiger partial charge is 0.486 e. The Labute approximate surface area is 256 Å². The van der Waals surface area contributed by atoms with Crippen LogP contribution in [-0.4, -0.2) is 65.7 Å². The van der Waals surface area contributed by atoms with E-state index in [0.717, 1.165) is 23.6 Å². The normalized spacial score (nSPS) is 11.1.